The molecule has 1 aliphatic rings. The van der Waals surface area contributed by atoms with Crippen molar-refractivity contribution in [3.63, 3.8) is 0 Å². The van der Waals surface area contributed by atoms with Gasteiger partial charge in [0.15, 0.2) is 5.82 Å². The normalized spacial score (nSPS) is 18.9. The molecule has 0 spiro atoms. The lowest BCUT2D eigenvalue weighted by molar-refractivity contribution is 0.354. The summed E-state index contributed by atoms with van der Waals surface area (Å²) in [4.78, 5) is 11.1. The maximum atomic E-state index is 5.66. The fourth-order valence-corrected chi connectivity index (χ4v) is 2.40. The molecule has 0 bridgehead atoms. The highest BCUT2D eigenvalue weighted by molar-refractivity contribution is 5.46. The van der Waals surface area contributed by atoms with E-state index in [1.54, 1.807) is 6.20 Å². The first-order chi connectivity index (χ1) is 9.63. The first-order valence-corrected chi connectivity index (χ1v) is 6.93. The van der Waals surface area contributed by atoms with E-state index in [9.17, 15) is 0 Å². The third kappa shape index (κ3) is 2.45. The molecule has 6 nitrogen and oxygen atoms in total. The van der Waals surface area contributed by atoms with Crippen molar-refractivity contribution in [2.24, 2.45) is 0 Å². The number of pyridine rings is 1. The van der Waals surface area contributed by atoms with Crippen LogP contribution in [-0.4, -0.2) is 28.2 Å². The van der Waals surface area contributed by atoms with E-state index in [1.807, 2.05) is 12.1 Å². The molecular weight excluding hydrogens is 254 g/mol. The summed E-state index contributed by atoms with van der Waals surface area (Å²) in [6.07, 6.45) is 2.69. The van der Waals surface area contributed by atoms with Crippen molar-refractivity contribution >= 4 is 11.5 Å². The Morgan fingerprint density at radius 2 is 2.25 bits per heavy atom. The second kappa shape index (κ2) is 5.11. The first kappa shape index (κ1) is 12.9. The van der Waals surface area contributed by atoms with Gasteiger partial charge >= 0.3 is 0 Å². The van der Waals surface area contributed by atoms with Gasteiger partial charge in [-0.25, -0.2) is 4.98 Å². The van der Waals surface area contributed by atoms with Crippen LogP contribution >= 0.6 is 0 Å². The Bertz CT molecular complexity index is 578. The molecule has 1 unspecified atom stereocenters. The number of hydrogen-bond donors (Lipinski definition) is 1. The lowest BCUT2D eigenvalue weighted by Crippen LogP contribution is -2.20. The summed E-state index contributed by atoms with van der Waals surface area (Å²) >= 11 is 0. The number of hydrogen-bond acceptors (Lipinski definition) is 6. The molecule has 2 N–H and O–H groups in total. The van der Waals surface area contributed by atoms with Crippen LogP contribution in [0.4, 0.5) is 11.5 Å². The fraction of sp³-hybridized carbons (Fsp3) is 0.500. The van der Waals surface area contributed by atoms with Crippen LogP contribution in [0.15, 0.2) is 22.9 Å². The average molecular weight is 273 g/mol. The Hall–Kier alpha value is -2.11. The summed E-state index contributed by atoms with van der Waals surface area (Å²) in [6, 6.07) is 3.82. The fourth-order valence-electron chi connectivity index (χ4n) is 2.40. The molecule has 3 heterocycles. The Balaban J connectivity index is 1.71. The number of nitrogens with two attached hydrogens (primary N) is 1. The van der Waals surface area contributed by atoms with E-state index in [1.165, 1.54) is 0 Å². The third-order valence-corrected chi connectivity index (χ3v) is 3.61. The number of aromatic nitrogens is 3. The van der Waals surface area contributed by atoms with Crippen molar-refractivity contribution < 1.29 is 4.52 Å². The van der Waals surface area contributed by atoms with Gasteiger partial charge in [0.1, 0.15) is 5.82 Å². The summed E-state index contributed by atoms with van der Waals surface area (Å²) in [7, 11) is 0. The molecule has 1 atom stereocenters. The molecule has 2 aromatic heterocycles. The van der Waals surface area contributed by atoms with E-state index in [0.29, 0.717) is 11.6 Å². The minimum Gasteiger partial charge on any atom is -0.397 e. The van der Waals surface area contributed by atoms with Crippen molar-refractivity contribution in [2.45, 2.75) is 32.1 Å². The largest absolute Gasteiger partial charge is 0.397 e. The van der Waals surface area contributed by atoms with E-state index in [0.717, 1.165) is 37.0 Å². The van der Waals surface area contributed by atoms with Crippen LogP contribution in [0.3, 0.4) is 0 Å². The Morgan fingerprint density at radius 3 is 2.90 bits per heavy atom. The third-order valence-electron chi connectivity index (χ3n) is 3.61. The molecule has 1 aliphatic heterocycles. The quantitative estimate of drug-likeness (QED) is 0.923. The van der Waals surface area contributed by atoms with Crippen LogP contribution in [0.5, 0.6) is 0 Å². The van der Waals surface area contributed by atoms with Crippen LogP contribution in [-0.2, 0) is 0 Å². The van der Waals surface area contributed by atoms with E-state index >= 15 is 0 Å². The van der Waals surface area contributed by atoms with Crippen molar-refractivity contribution in [1.29, 1.82) is 0 Å². The summed E-state index contributed by atoms with van der Waals surface area (Å²) in [6.45, 7) is 5.93. The second-order valence-electron chi connectivity index (χ2n) is 5.53. The van der Waals surface area contributed by atoms with Gasteiger partial charge in [-0.05, 0) is 18.6 Å². The average Bonchev–Trinajstić information content (AvgIpc) is 3.08. The number of anilines is 2. The topological polar surface area (TPSA) is 81.1 Å². The SMILES string of the molecule is CC(C)c1noc(C2CCN(c3ccc(N)cn3)C2)n1. The van der Waals surface area contributed by atoms with Crippen LogP contribution in [0.25, 0.3) is 0 Å². The molecule has 0 saturated carbocycles. The molecule has 0 aromatic carbocycles. The standard InChI is InChI=1S/C14H19N5O/c1-9(2)13-17-14(20-18-13)10-5-6-19(8-10)12-4-3-11(15)7-16-12/h3-4,7,9-10H,5-6,8,15H2,1-2H3. The minimum absolute atomic E-state index is 0.286. The van der Waals surface area contributed by atoms with Crippen molar-refractivity contribution in [3.8, 4) is 0 Å². The van der Waals surface area contributed by atoms with Crippen molar-refractivity contribution in [3.05, 3.63) is 30.0 Å². The molecular formula is C14H19N5O. The van der Waals surface area contributed by atoms with Gasteiger partial charge in [-0.2, -0.15) is 4.98 Å². The van der Waals surface area contributed by atoms with E-state index < -0.39 is 0 Å². The maximum Gasteiger partial charge on any atom is 0.231 e. The van der Waals surface area contributed by atoms with Crippen LogP contribution in [0.1, 0.15) is 43.8 Å². The highest BCUT2D eigenvalue weighted by Crippen LogP contribution is 2.29. The number of rotatable bonds is 3. The molecule has 0 amide bonds. The summed E-state index contributed by atoms with van der Waals surface area (Å²) in [5.74, 6) is 3.05. The zero-order chi connectivity index (χ0) is 14.1. The van der Waals surface area contributed by atoms with Gasteiger partial charge in [0.2, 0.25) is 5.89 Å². The second-order valence-corrected chi connectivity index (χ2v) is 5.53. The van der Waals surface area contributed by atoms with Crippen LogP contribution in [0, 0.1) is 0 Å². The monoisotopic (exact) mass is 273 g/mol. The lowest BCUT2D eigenvalue weighted by atomic mass is 10.1. The smallest absolute Gasteiger partial charge is 0.231 e. The molecule has 2 aromatic rings. The van der Waals surface area contributed by atoms with Crippen LogP contribution < -0.4 is 10.6 Å². The van der Waals surface area contributed by atoms with Crippen molar-refractivity contribution in [1.82, 2.24) is 15.1 Å². The molecule has 106 valence electrons. The van der Waals surface area contributed by atoms with E-state index in [2.05, 4.69) is 33.9 Å². The van der Waals surface area contributed by atoms with E-state index in [-0.39, 0.29) is 5.92 Å². The Morgan fingerprint density at radius 1 is 1.40 bits per heavy atom. The van der Waals surface area contributed by atoms with Gasteiger partial charge in [-0.1, -0.05) is 19.0 Å². The van der Waals surface area contributed by atoms with Gasteiger partial charge in [0, 0.05) is 19.0 Å². The molecule has 1 saturated heterocycles. The predicted octanol–water partition coefficient (Wildman–Crippen LogP) is 2.16. The molecule has 3 rings (SSSR count). The molecule has 20 heavy (non-hydrogen) atoms. The number of nitrogen functional groups attached to an aromatic ring is 1. The molecule has 6 heteroatoms. The minimum atomic E-state index is 0.286. The lowest BCUT2D eigenvalue weighted by Gasteiger charge is -2.16. The summed E-state index contributed by atoms with van der Waals surface area (Å²) in [5, 5.41) is 4.03. The van der Waals surface area contributed by atoms with Gasteiger partial charge < -0.3 is 15.2 Å². The summed E-state index contributed by atoms with van der Waals surface area (Å²) in [5.41, 5.74) is 6.34. The van der Waals surface area contributed by atoms with E-state index in [4.69, 9.17) is 10.3 Å². The maximum absolute atomic E-state index is 5.66. The van der Waals surface area contributed by atoms with Gasteiger partial charge in [0.25, 0.3) is 0 Å². The zero-order valence-electron chi connectivity index (χ0n) is 11.8. The first-order valence-electron chi connectivity index (χ1n) is 6.93. The van der Waals surface area contributed by atoms with Gasteiger partial charge in [0.05, 0.1) is 17.8 Å². The van der Waals surface area contributed by atoms with Crippen LogP contribution in [0.2, 0.25) is 0 Å². The van der Waals surface area contributed by atoms with Gasteiger partial charge in [-0.15, -0.1) is 0 Å². The van der Waals surface area contributed by atoms with Crippen molar-refractivity contribution in [2.75, 3.05) is 23.7 Å². The predicted molar refractivity (Wildman–Crippen MR) is 76.6 cm³/mol. The summed E-state index contributed by atoms with van der Waals surface area (Å²) < 4.78 is 5.39. The Labute approximate surface area is 118 Å². The number of nitrogens with zero attached hydrogens (tertiary/aromatic N) is 4. The molecule has 0 aliphatic carbocycles. The highest BCUT2D eigenvalue weighted by Gasteiger charge is 2.29. The zero-order valence-corrected chi connectivity index (χ0v) is 11.8. The molecule has 1 fully saturated rings. The highest BCUT2D eigenvalue weighted by atomic mass is 16.5. The van der Waals surface area contributed by atoms with Gasteiger partial charge in [-0.3, -0.25) is 0 Å². The molecule has 0 radical (unpaired) electrons. The Kier molecular flexibility index (Phi) is 3.30.